The van der Waals surface area contributed by atoms with Crippen LogP contribution in [0.25, 0.3) is 0 Å². The monoisotopic (exact) mass is 284 g/mol. The molecule has 0 aromatic heterocycles. The van der Waals surface area contributed by atoms with Gasteiger partial charge in [-0.3, -0.25) is 0 Å². The minimum atomic E-state index is -2.41. The molecule has 0 unspecified atom stereocenters. The van der Waals surface area contributed by atoms with Crippen molar-refractivity contribution >= 4 is 22.6 Å². The van der Waals surface area contributed by atoms with E-state index in [1.807, 2.05) is 0 Å². The Bertz CT molecular complexity index is 235. The summed E-state index contributed by atoms with van der Waals surface area (Å²) in [6.07, 6.45) is -2.41. The first-order valence-corrected chi connectivity index (χ1v) is 4.43. The zero-order valence-electron chi connectivity index (χ0n) is 6.14. The zero-order chi connectivity index (χ0) is 8.97. The van der Waals surface area contributed by atoms with E-state index in [0.717, 1.165) is 3.57 Å². The maximum atomic E-state index is 11.7. The predicted octanol–water partition coefficient (Wildman–Crippen LogP) is 2.94. The summed E-state index contributed by atoms with van der Waals surface area (Å²) in [5.74, 6) is 0.482. The molecule has 1 aromatic rings. The summed E-state index contributed by atoms with van der Waals surface area (Å²) in [6, 6.07) is 6.96. The lowest BCUT2D eigenvalue weighted by atomic mass is 10.3. The van der Waals surface area contributed by atoms with Gasteiger partial charge < -0.3 is 4.74 Å². The molecule has 0 saturated carbocycles. The summed E-state index contributed by atoms with van der Waals surface area (Å²) in [5, 5.41) is 0. The second kappa shape index (κ2) is 4.59. The van der Waals surface area contributed by atoms with E-state index >= 15 is 0 Å². The van der Waals surface area contributed by atoms with Crippen molar-refractivity contribution in [2.45, 2.75) is 6.43 Å². The van der Waals surface area contributed by atoms with Gasteiger partial charge in [0.05, 0.1) is 0 Å². The third-order valence-corrected chi connectivity index (χ3v) is 1.91. The Hall–Kier alpha value is -0.390. The molecule has 12 heavy (non-hydrogen) atoms. The number of benzene rings is 1. The van der Waals surface area contributed by atoms with Crippen LogP contribution in [-0.4, -0.2) is 13.0 Å². The van der Waals surface area contributed by atoms with Crippen molar-refractivity contribution in [2.24, 2.45) is 0 Å². The normalized spacial score (nSPS) is 10.3. The third kappa shape index (κ3) is 3.34. The topological polar surface area (TPSA) is 9.23 Å². The zero-order valence-corrected chi connectivity index (χ0v) is 8.29. The summed E-state index contributed by atoms with van der Waals surface area (Å²) >= 11 is 2.13. The van der Waals surface area contributed by atoms with Crippen LogP contribution >= 0.6 is 22.6 Å². The smallest absolute Gasteiger partial charge is 0.272 e. The van der Waals surface area contributed by atoms with Crippen molar-refractivity contribution in [3.8, 4) is 5.75 Å². The van der Waals surface area contributed by atoms with Crippen molar-refractivity contribution < 1.29 is 13.5 Å². The van der Waals surface area contributed by atoms with Gasteiger partial charge in [0.1, 0.15) is 12.4 Å². The second-order valence-electron chi connectivity index (χ2n) is 2.16. The van der Waals surface area contributed by atoms with Crippen molar-refractivity contribution in [3.05, 3.63) is 27.8 Å². The Morgan fingerprint density at radius 2 is 1.83 bits per heavy atom. The highest BCUT2D eigenvalue weighted by atomic mass is 127. The lowest BCUT2D eigenvalue weighted by Crippen LogP contribution is -2.06. The molecule has 1 aromatic carbocycles. The van der Waals surface area contributed by atoms with Crippen molar-refractivity contribution in [2.75, 3.05) is 6.61 Å². The number of rotatable bonds is 3. The molecule has 0 amide bonds. The lowest BCUT2D eigenvalue weighted by molar-refractivity contribution is 0.0819. The number of hydrogen-bond acceptors (Lipinski definition) is 1. The molecule has 0 fully saturated rings. The van der Waals surface area contributed by atoms with Crippen LogP contribution in [0.4, 0.5) is 8.78 Å². The van der Waals surface area contributed by atoms with Crippen LogP contribution in [0.5, 0.6) is 5.75 Å². The van der Waals surface area contributed by atoms with Crippen LogP contribution in [0.15, 0.2) is 24.3 Å². The minimum Gasteiger partial charge on any atom is -0.488 e. The van der Waals surface area contributed by atoms with Gasteiger partial charge in [0.15, 0.2) is 0 Å². The molecule has 4 heteroatoms. The summed E-state index contributed by atoms with van der Waals surface area (Å²) in [6.45, 7) is -0.541. The van der Waals surface area contributed by atoms with Crippen LogP contribution in [0.1, 0.15) is 0 Å². The third-order valence-electron chi connectivity index (χ3n) is 1.19. The van der Waals surface area contributed by atoms with E-state index in [2.05, 4.69) is 22.6 Å². The van der Waals surface area contributed by atoms with Gasteiger partial charge in [0.25, 0.3) is 6.43 Å². The number of halogens is 3. The Kier molecular flexibility index (Phi) is 3.71. The van der Waals surface area contributed by atoms with Crippen molar-refractivity contribution in [3.63, 3.8) is 0 Å². The van der Waals surface area contributed by atoms with Crippen LogP contribution in [0.3, 0.4) is 0 Å². The van der Waals surface area contributed by atoms with Crippen LogP contribution in [-0.2, 0) is 0 Å². The van der Waals surface area contributed by atoms with E-state index in [-0.39, 0.29) is 0 Å². The molecule has 0 N–H and O–H groups in total. The van der Waals surface area contributed by atoms with Crippen LogP contribution < -0.4 is 4.74 Å². The first-order valence-electron chi connectivity index (χ1n) is 3.35. The average molecular weight is 284 g/mol. The van der Waals surface area contributed by atoms with E-state index in [4.69, 9.17) is 4.74 Å². The van der Waals surface area contributed by atoms with Gasteiger partial charge in [-0.15, -0.1) is 0 Å². The van der Waals surface area contributed by atoms with E-state index < -0.39 is 13.0 Å². The summed E-state index contributed by atoms with van der Waals surface area (Å²) in [5.41, 5.74) is 0. The van der Waals surface area contributed by atoms with E-state index in [1.165, 1.54) is 0 Å². The molecule has 0 spiro atoms. The second-order valence-corrected chi connectivity index (χ2v) is 3.40. The Balaban J connectivity index is 2.48. The van der Waals surface area contributed by atoms with Gasteiger partial charge in [0, 0.05) is 3.57 Å². The van der Waals surface area contributed by atoms with Gasteiger partial charge in [-0.1, -0.05) is 0 Å². The molecular weight excluding hydrogens is 277 g/mol. The van der Waals surface area contributed by atoms with Gasteiger partial charge in [-0.05, 0) is 46.9 Å². The average Bonchev–Trinajstić information content (AvgIpc) is 2.03. The van der Waals surface area contributed by atoms with E-state index in [0.29, 0.717) is 5.75 Å². The lowest BCUT2D eigenvalue weighted by Gasteiger charge is -2.04. The fourth-order valence-electron chi connectivity index (χ4n) is 0.690. The fourth-order valence-corrected chi connectivity index (χ4v) is 1.05. The van der Waals surface area contributed by atoms with E-state index in [1.54, 1.807) is 24.3 Å². The molecule has 0 bridgehead atoms. The van der Waals surface area contributed by atoms with Crippen LogP contribution in [0.2, 0.25) is 0 Å². The van der Waals surface area contributed by atoms with Gasteiger partial charge in [-0.2, -0.15) is 0 Å². The fraction of sp³-hybridized carbons (Fsp3) is 0.250. The molecule has 0 saturated heterocycles. The quantitative estimate of drug-likeness (QED) is 0.775. The Labute approximate surface area is 82.9 Å². The highest BCUT2D eigenvalue weighted by molar-refractivity contribution is 14.1. The number of hydrogen-bond donors (Lipinski definition) is 0. The number of ether oxygens (including phenoxy) is 1. The van der Waals surface area contributed by atoms with Crippen LogP contribution in [0, 0.1) is 3.57 Å². The minimum absolute atomic E-state index is 0.482. The van der Waals surface area contributed by atoms with Gasteiger partial charge >= 0.3 is 0 Å². The molecule has 0 heterocycles. The first kappa shape index (κ1) is 9.70. The first-order chi connectivity index (χ1) is 5.68. The standard InChI is InChI=1S/C8H7F2IO/c9-8(10)5-12-7-3-1-6(11)2-4-7/h1-4,8H,5H2. The molecular formula is C8H7F2IO. The molecule has 1 rings (SSSR count). The summed E-state index contributed by atoms with van der Waals surface area (Å²) in [4.78, 5) is 0. The Morgan fingerprint density at radius 1 is 1.25 bits per heavy atom. The SMILES string of the molecule is FC(F)COc1ccc(I)cc1. The highest BCUT2D eigenvalue weighted by Crippen LogP contribution is 2.13. The Morgan fingerprint density at radius 3 is 2.33 bits per heavy atom. The largest absolute Gasteiger partial charge is 0.488 e. The number of alkyl halides is 2. The molecule has 1 nitrogen and oxygen atoms in total. The summed E-state index contributed by atoms with van der Waals surface area (Å²) in [7, 11) is 0. The van der Waals surface area contributed by atoms with E-state index in [9.17, 15) is 8.78 Å². The maximum absolute atomic E-state index is 11.7. The van der Waals surface area contributed by atoms with Crippen molar-refractivity contribution in [1.29, 1.82) is 0 Å². The molecule has 0 radical (unpaired) electrons. The molecule has 0 aliphatic rings. The maximum Gasteiger partial charge on any atom is 0.272 e. The predicted molar refractivity (Wildman–Crippen MR) is 50.7 cm³/mol. The molecule has 0 aliphatic carbocycles. The highest BCUT2D eigenvalue weighted by Gasteiger charge is 2.02. The van der Waals surface area contributed by atoms with Crippen molar-refractivity contribution in [1.82, 2.24) is 0 Å². The summed E-state index contributed by atoms with van der Waals surface area (Å²) < 4.78 is 29.2. The molecule has 0 aliphatic heterocycles. The van der Waals surface area contributed by atoms with Gasteiger partial charge in [-0.25, -0.2) is 8.78 Å². The molecule has 0 atom stereocenters. The van der Waals surface area contributed by atoms with Gasteiger partial charge in [0.2, 0.25) is 0 Å². The molecule has 66 valence electrons.